The van der Waals surface area contributed by atoms with Gasteiger partial charge in [-0.1, -0.05) is 20.3 Å². The Bertz CT molecular complexity index is 328. The van der Waals surface area contributed by atoms with Crippen molar-refractivity contribution in [2.45, 2.75) is 77.3 Å². The van der Waals surface area contributed by atoms with Crippen LogP contribution in [0.5, 0.6) is 0 Å². The van der Waals surface area contributed by atoms with Gasteiger partial charge in [-0.15, -0.1) is 0 Å². The standard InChI is InChI=1S/C19H36N2/c1-4-9-20-18-8-5-14(2)10-19(18)21(3)13-17-12-15-6-7-16(17)11-15/h14-20H,4-13H2,1-3H3. The summed E-state index contributed by atoms with van der Waals surface area (Å²) in [7, 11) is 2.41. The first-order valence-corrected chi connectivity index (χ1v) is 9.61. The van der Waals surface area contributed by atoms with Crippen molar-refractivity contribution in [1.29, 1.82) is 0 Å². The van der Waals surface area contributed by atoms with E-state index < -0.39 is 0 Å². The van der Waals surface area contributed by atoms with Gasteiger partial charge >= 0.3 is 0 Å². The molecule has 3 rings (SSSR count). The molecule has 6 atom stereocenters. The van der Waals surface area contributed by atoms with Crippen molar-refractivity contribution < 1.29 is 0 Å². The lowest BCUT2D eigenvalue weighted by Crippen LogP contribution is -2.53. The minimum atomic E-state index is 0.741. The van der Waals surface area contributed by atoms with Crippen molar-refractivity contribution >= 4 is 0 Å². The molecular formula is C19H36N2. The Kier molecular flexibility index (Phi) is 5.27. The van der Waals surface area contributed by atoms with Crippen LogP contribution in [0.15, 0.2) is 0 Å². The molecule has 0 aliphatic heterocycles. The summed E-state index contributed by atoms with van der Waals surface area (Å²) in [5.41, 5.74) is 0. The summed E-state index contributed by atoms with van der Waals surface area (Å²) in [5, 5.41) is 3.84. The van der Waals surface area contributed by atoms with E-state index in [1.54, 1.807) is 6.42 Å². The SMILES string of the molecule is CCCNC1CCC(C)CC1N(C)CC1CC2CCC1C2. The Labute approximate surface area is 132 Å². The van der Waals surface area contributed by atoms with Gasteiger partial charge in [0.15, 0.2) is 0 Å². The second-order valence-electron chi connectivity index (χ2n) is 8.42. The number of hydrogen-bond donors (Lipinski definition) is 1. The number of fused-ring (bicyclic) bond motifs is 2. The second kappa shape index (κ2) is 7.00. The van der Waals surface area contributed by atoms with Gasteiger partial charge in [0, 0.05) is 18.6 Å². The Morgan fingerprint density at radius 1 is 1.05 bits per heavy atom. The molecule has 122 valence electrons. The zero-order valence-corrected chi connectivity index (χ0v) is 14.5. The Morgan fingerprint density at radius 3 is 2.57 bits per heavy atom. The zero-order chi connectivity index (χ0) is 14.8. The van der Waals surface area contributed by atoms with E-state index in [-0.39, 0.29) is 0 Å². The fourth-order valence-electron chi connectivity index (χ4n) is 5.51. The Morgan fingerprint density at radius 2 is 1.90 bits per heavy atom. The van der Waals surface area contributed by atoms with Crippen molar-refractivity contribution in [2.75, 3.05) is 20.1 Å². The third kappa shape index (κ3) is 3.64. The fourth-order valence-corrected chi connectivity index (χ4v) is 5.51. The highest BCUT2D eigenvalue weighted by molar-refractivity contribution is 4.94. The maximum Gasteiger partial charge on any atom is 0.0248 e. The van der Waals surface area contributed by atoms with E-state index in [1.165, 1.54) is 58.0 Å². The molecule has 2 bridgehead atoms. The van der Waals surface area contributed by atoms with Crippen molar-refractivity contribution in [1.82, 2.24) is 10.2 Å². The van der Waals surface area contributed by atoms with Crippen LogP contribution in [0.1, 0.15) is 65.2 Å². The van der Waals surface area contributed by atoms with Gasteiger partial charge in [0.25, 0.3) is 0 Å². The average molecular weight is 293 g/mol. The molecular weight excluding hydrogens is 256 g/mol. The average Bonchev–Trinajstić information content (AvgIpc) is 3.08. The van der Waals surface area contributed by atoms with E-state index in [1.807, 2.05) is 0 Å². The zero-order valence-electron chi connectivity index (χ0n) is 14.5. The van der Waals surface area contributed by atoms with Crippen LogP contribution in [0.3, 0.4) is 0 Å². The molecule has 2 nitrogen and oxygen atoms in total. The highest BCUT2D eigenvalue weighted by Gasteiger charge is 2.41. The minimum Gasteiger partial charge on any atom is -0.312 e. The molecule has 2 heteroatoms. The topological polar surface area (TPSA) is 15.3 Å². The summed E-state index contributed by atoms with van der Waals surface area (Å²) in [6.07, 6.45) is 11.6. The first-order valence-electron chi connectivity index (χ1n) is 9.61. The molecule has 0 aromatic heterocycles. The van der Waals surface area contributed by atoms with E-state index in [0.29, 0.717) is 0 Å². The molecule has 0 radical (unpaired) electrons. The Balaban J connectivity index is 1.56. The fraction of sp³-hybridized carbons (Fsp3) is 1.00. The van der Waals surface area contributed by atoms with E-state index >= 15 is 0 Å². The largest absolute Gasteiger partial charge is 0.312 e. The van der Waals surface area contributed by atoms with Gasteiger partial charge in [-0.3, -0.25) is 0 Å². The van der Waals surface area contributed by atoms with Gasteiger partial charge in [0.05, 0.1) is 0 Å². The molecule has 0 amide bonds. The van der Waals surface area contributed by atoms with Crippen LogP contribution < -0.4 is 5.32 Å². The van der Waals surface area contributed by atoms with Gasteiger partial charge in [0.1, 0.15) is 0 Å². The molecule has 3 aliphatic carbocycles. The van der Waals surface area contributed by atoms with Crippen LogP contribution in [0, 0.1) is 23.7 Å². The highest BCUT2D eigenvalue weighted by Crippen LogP contribution is 2.48. The summed E-state index contributed by atoms with van der Waals surface area (Å²) < 4.78 is 0. The molecule has 0 spiro atoms. The summed E-state index contributed by atoms with van der Waals surface area (Å²) in [6.45, 7) is 7.29. The Hall–Kier alpha value is -0.0800. The molecule has 21 heavy (non-hydrogen) atoms. The van der Waals surface area contributed by atoms with E-state index in [9.17, 15) is 0 Å². The normalized spacial score (nSPS) is 42.9. The second-order valence-corrected chi connectivity index (χ2v) is 8.42. The maximum atomic E-state index is 3.84. The first-order chi connectivity index (χ1) is 10.2. The quantitative estimate of drug-likeness (QED) is 0.798. The number of likely N-dealkylation sites (N-methyl/N-ethyl adjacent to an activating group) is 1. The first kappa shape index (κ1) is 15.8. The molecule has 3 aliphatic rings. The van der Waals surface area contributed by atoms with Gasteiger partial charge in [0.2, 0.25) is 0 Å². The molecule has 0 aromatic carbocycles. The number of nitrogens with zero attached hydrogens (tertiary/aromatic N) is 1. The van der Waals surface area contributed by atoms with Gasteiger partial charge in [-0.2, -0.15) is 0 Å². The highest BCUT2D eigenvalue weighted by atomic mass is 15.2. The molecule has 3 saturated carbocycles. The molecule has 1 N–H and O–H groups in total. The van der Waals surface area contributed by atoms with Crippen molar-refractivity contribution in [3.63, 3.8) is 0 Å². The van der Waals surface area contributed by atoms with E-state index in [2.05, 4.69) is 31.1 Å². The monoisotopic (exact) mass is 292 g/mol. The summed E-state index contributed by atoms with van der Waals surface area (Å²) in [6, 6.07) is 1.52. The number of nitrogens with one attached hydrogen (secondary N) is 1. The predicted octanol–water partition coefficient (Wildman–Crippen LogP) is 3.91. The van der Waals surface area contributed by atoms with Gasteiger partial charge in [-0.05, 0) is 82.2 Å². The minimum absolute atomic E-state index is 0.741. The lowest BCUT2D eigenvalue weighted by atomic mass is 9.81. The number of hydrogen-bond acceptors (Lipinski definition) is 2. The lowest BCUT2D eigenvalue weighted by molar-refractivity contribution is 0.0978. The van der Waals surface area contributed by atoms with Crippen molar-refractivity contribution in [3.8, 4) is 0 Å². The molecule has 0 aromatic rings. The summed E-state index contributed by atoms with van der Waals surface area (Å²) in [5.74, 6) is 4.09. The smallest absolute Gasteiger partial charge is 0.0248 e. The molecule has 6 unspecified atom stereocenters. The number of rotatable bonds is 6. The predicted molar refractivity (Wildman–Crippen MR) is 90.5 cm³/mol. The van der Waals surface area contributed by atoms with E-state index in [4.69, 9.17) is 0 Å². The van der Waals surface area contributed by atoms with Crippen LogP contribution in [0.4, 0.5) is 0 Å². The third-order valence-electron chi connectivity index (χ3n) is 6.71. The van der Waals surface area contributed by atoms with E-state index in [0.717, 1.165) is 35.8 Å². The van der Waals surface area contributed by atoms with Crippen LogP contribution >= 0.6 is 0 Å². The van der Waals surface area contributed by atoms with Gasteiger partial charge in [-0.25, -0.2) is 0 Å². The summed E-state index contributed by atoms with van der Waals surface area (Å²) in [4.78, 5) is 2.74. The van der Waals surface area contributed by atoms with Crippen LogP contribution in [-0.2, 0) is 0 Å². The van der Waals surface area contributed by atoms with Gasteiger partial charge < -0.3 is 10.2 Å². The van der Waals surface area contributed by atoms with Crippen LogP contribution in [-0.4, -0.2) is 37.1 Å². The van der Waals surface area contributed by atoms with Crippen molar-refractivity contribution in [3.05, 3.63) is 0 Å². The third-order valence-corrected chi connectivity index (χ3v) is 6.71. The van der Waals surface area contributed by atoms with Crippen LogP contribution in [0.2, 0.25) is 0 Å². The molecule has 0 heterocycles. The molecule has 0 saturated heterocycles. The maximum absolute atomic E-state index is 3.84. The van der Waals surface area contributed by atoms with Crippen molar-refractivity contribution in [2.24, 2.45) is 23.7 Å². The molecule has 3 fully saturated rings. The van der Waals surface area contributed by atoms with Crippen LogP contribution in [0.25, 0.3) is 0 Å². The lowest BCUT2D eigenvalue weighted by Gasteiger charge is -2.42. The summed E-state index contributed by atoms with van der Waals surface area (Å²) >= 11 is 0.